The van der Waals surface area contributed by atoms with Gasteiger partial charge < -0.3 is 4.52 Å². The fraction of sp³-hybridized carbons (Fsp3) is 0.800. The normalized spacial score (nSPS) is 14.1. The fourth-order valence-corrected chi connectivity index (χ4v) is 3.40. The summed E-state index contributed by atoms with van der Waals surface area (Å²) in [4.78, 5) is 4.15. The Morgan fingerprint density at radius 1 is 1.31 bits per heavy atom. The topological polar surface area (TPSA) is 43.2 Å². The third kappa shape index (κ3) is 3.00. The maximum atomic E-state index is 5.59. The molecule has 0 aliphatic heterocycles. The average molecular weight is 244 g/mol. The molecule has 1 unspecified atom stereocenters. The van der Waals surface area contributed by atoms with Gasteiger partial charge in [0.05, 0.1) is 0 Å². The minimum atomic E-state index is -0.899. The van der Waals surface area contributed by atoms with E-state index in [9.17, 15) is 0 Å². The van der Waals surface area contributed by atoms with E-state index >= 15 is 0 Å². The van der Waals surface area contributed by atoms with Gasteiger partial charge in [-0.25, -0.2) is 9.65 Å². The largest absolute Gasteiger partial charge is 0.329 e. The van der Waals surface area contributed by atoms with Crippen LogP contribution in [0.15, 0.2) is 6.33 Å². The molecule has 0 fully saturated rings. The molecule has 1 atom stereocenters. The minimum Gasteiger partial charge on any atom is -0.329 e. The summed E-state index contributed by atoms with van der Waals surface area (Å²) in [6, 6.07) is 0.825. The highest BCUT2D eigenvalue weighted by molar-refractivity contribution is 7.48. The van der Waals surface area contributed by atoms with Crippen molar-refractivity contribution in [1.82, 2.24) is 19.2 Å². The van der Waals surface area contributed by atoms with Gasteiger partial charge in [-0.2, -0.15) is 4.45 Å². The first-order valence-corrected chi connectivity index (χ1v) is 6.65. The Kier molecular flexibility index (Phi) is 4.84. The monoisotopic (exact) mass is 244 g/mol. The second kappa shape index (κ2) is 5.71. The van der Waals surface area contributed by atoms with Gasteiger partial charge >= 0.3 is 0 Å². The molecule has 1 rings (SSSR count). The molecule has 92 valence electrons. The number of nitrogens with zero attached hydrogens (tertiary/aromatic N) is 4. The van der Waals surface area contributed by atoms with Crippen LogP contribution in [0.3, 0.4) is 0 Å². The van der Waals surface area contributed by atoms with E-state index in [1.54, 1.807) is 13.4 Å². The standard InChI is InChI=1S/C10H21N4OP/c1-8(2)14(9(3)4)16(15-6)13-7-11-10(5)12-13/h7-9H,1-6H3. The highest BCUT2D eigenvalue weighted by Gasteiger charge is 2.27. The molecule has 0 aromatic carbocycles. The highest BCUT2D eigenvalue weighted by Crippen LogP contribution is 2.44. The second-order valence-electron chi connectivity index (χ2n) is 4.21. The Hall–Kier alpha value is -0.510. The molecule has 0 spiro atoms. The van der Waals surface area contributed by atoms with Crippen LogP contribution < -0.4 is 0 Å². The molecule has 0 saturated carbocycles. The first-order valence-electron chi connectivity index (χ1n) is 5.48. The van der Waals surface area contributed by atoms with Gasteiger partial charge in [-0.1, -0.05) is 0 Å². The maximum absolute atomic E-state index is 5.59. The van der Waals surface area contributed by atoms with E-state index in [1.165, 1.54) is 0 Å². The SMILES string of the molecule is COP(N(C(C)C)C(C)C)n1cnc(C)n1. The van der Waals surface area contributed by atoms with Gasteiger partial charge in [0.25, 0.3) is 0 Å². The van der Waals surface area contributed by atoms with Crippen molar-refractivity contribution in [3.63, 3.8) is 0 Å². The van der Waals surface area contributed by atoms with Crippen LogP contribution in [0.25, 0.3) is 0 Å². The molecule has 16 heavy (non-hydrogen) atoms. The molecule has 0 aliphatic rings. The Labute approximate surface area is 98.7 Å². The molecular formula is C10H21N4OP. The summed E-state index contributed by atoms with van der Waals surface area (Å²) in [5, 5.41) is 4.34. The zero-order valence-electron chi connectivity index (χ0n) is 10.9. The van der Waals surface area contributed by atoms with Gasteiger partial charge in [-0.3, -0.25) is 0 Å². The van der Waals surface area contributed by atoms with E-state index in [2.05, 4.69) is 42.4 Å². The van der Waals surface area contributed by atoms with Crippen LogP contribution in [0.2, 0.25) is 0 Å². The summed E-state index contributed by atoms with van der Waals surface area (Å²) in [7, 11) is 0.824. The number of aryl methyl sites for hydroxylation is 1. The smallest absolute Gasteiger partial charge is 0.241 e. The molecule has 0 amide bonds. The van der Waals surface area contributed by atoms with Crippen molar-refractivity contribution in [2.24, 2.45) is 0 Å². The number of hydrogen-bond acceptors (Lipinski definition) is 4. The number of rotatable bonds is 5. The highest BCUT2D eigenvalue weighted by atomic mass is 31.2. The summed E-state index contributed by atoms with van der Waals surface area (Å²) in [5.74, 6) is 0.775. The van der Waals surface area contributed by atoms with Gasteiger partial charge in [0.1, 0.15) is 12.2 Å². The molecule has 0 N–H and O–H groups in total. The molecule has 5 nitrogen and oxygen atoms in total. The molecule has 6 heteroatoms. The number of hydrogen-bond donors (Lipinski definition) is 0. The predicted molar refractivity (Wildman–Crippen MR) is 66.2 cm³/mol. The van der Waals surface area contributed by atoms with Crippen LogP contribution >= 0.6 is 8.45 Å². The summed E-state index contributed by atoms with van der Waals surface area (Å²) in [6.07, 6.45) is 1.74. The van der Waals surface area contributed by atoms with Gasteiger partial charge in [0.2, 0.25) is 8.45 Å². The van der Waals surface area contributed by atoms with Crippen molar-refractivity contribution in [3.05, 3.63) is 12.2 Å². The predicted octanol–water partition coefficient (Wildman–Crippen LogP) is 2.43. The number of aromatic nitrogens is 3. The van der Waals surface area contributed by atoms with Gasteiger partial charge in [0, 0.05) is 19.2 Å². The van der Waals surface area contributed by atoms with E-state index in [-0.39, 0.29) is 0 Å². The van der Waals surface area contributed by atoms with Gasteiger partial charge in [-0.15, -0.1) is 5.10 Å². The van der Waals surface area contributed by atoms with Crippen molar-refractivity contribution in [2.45, 2.75) is 46.7 Å². The summed E-state index contributed by atoms with van der Waals surface area (Å²) in [6.45, 7) is 10.5. The molecular weight excluding hydrogens is 223 g/mol. The third-order valence-corrected chi connectivity index (χ3v) is 4.38. The molecule has 1 aromatic rings. The zero-order valence-corrected chi connectivity index (χ0v) is 11.8. The van der Waals surface area contributed by atoms with Crippen molar-refractivity contribution in [3.8, 4) is 0 Å². The molecule has 1 aromatic heterocycles. The Morgan fingerprint density at radius 3 is 2.19 bits per heavy atom. The molecule has 0 radical (unpaired) electrons. The second-order valence-corrected chi connectivity index (χ2v) is 5.96. The lowest BCUT2D eigenvalue weighted by atomic mass is 10.3. The van der Waals surface area contributed by atoms with Crippen molar-refractivity contribution >= 4 is 8.45 Å². The molecule has 0 saturated heterocycles. The van der Waals surface area contributed by atoms with Crippen molar-refractivity contribution in [1.29, 1.82) is 0 Å². The van der Waals surface area contributed by atoms with Gasteiger partial charge in [0.15, 0.2) is 0 Å². The minimum absolute atomic E-state index is 0.413. The Morgan fingerprint density at radius 2 is 1.88 bits per heavy atom. The van der Waals surface area contributed by atoms with Crippen LogP contribution in [0.4, 0.5) is 0 Å². The first kappa shape index (κ1) is 13.6. The van der Waals surface area contributed by atoms with Crippen LogP contribution in [-0.2, 0) is 4.52 Å². The van der Waals surface area contributed by atoms with Crippen molar-refractivity contribution < 1.29 is 4.52 Å². The van der Waals surface area contributed by atoms with Crippen LogP contribution in [0.1, 0.15) is 33.5 Å². The summed E-state index contributed by atoms with van der Waals surface area (Å²) >= 11 is 0. The van der Waals surface area contributed by atoms with Crippen molar-refractivity contribution in [2.75, 3.05) is 7.11 Å². The fourth-order valence-electron chi connectivity index (χ4n) is 1.69. The average Bonchev–Trinajstić information content (AvgIpc) is 2.59. The lowest BCUT2D eigenvalue weighted by Gasteiger charge is -2.35. The Bertz CT molecular complexity index is 318. The van der Waals surface area contributed by atoms with E-state index in [0.717, 1.165) is 5.82 Å². The molecule has 0 bridgehead atoms. The third-order valence-electron chi connectivity index (χ3n) is 2.19. The van der Waals surface area contributed by atoms with E-state index in [1.807, 2.05) is 11.4 Å². The Balaban J connectivity index is 2.95. The first-order chi connectivity index (χ1) is 7.47. The van der Waals surface area contributed by atoms with Crippen LogP contribution in [-0.4, -0.2) is 38.4 Å². The van der Waals surface area contributed by atoms with E-state index in [0.29, 0.717) is 12.1 Å². The zero-order chi connectivity index (χ0) is 12.3. The van der Waals surface area contributed by atoms with Gasteiger partial charge in [-0.05, 0) is 34.6 Å². The van der Waals surface area contributed by atoms with Crippen LogP contribution in [0.5, 0.6) is 0 Å². The van der Waals surface area contributed by atoms with Crippen LogP contribution in [0, 0.1) is 6.92 Å². The van der Waals surface area contributed by atoms with E-state index < -0.39 is 8.45 Å². The summed E-state index contributed by atoms with van der Waals surface area (Å²) < 4.78 is 9.72. The molecule has 1 heterocycles. The quantitative estimate of drug-likeness (QED) is 0.746. The lowest BCUT2D eigenvalue weighted by molar-refractivity contribution is 0.272. The maximum Gasteiger partial charge on any atom is 0.241 e. The van der Waals surface area contributed by atoms with E-state index in [4.69, 9.17) is 4.52 Å². The summed E-state index contributed by atoms with van der Waals surface area (Å²) in [5.41, 5.74) is 0. The molecule has 0 aliphatic carbocycles. The lowest BCUT2D eigenvalue weighted by Crippen LogP contribution is -2.34.